The Morgan fingerprint density at radius 2 is 1.96 bits per heavy atom. The second kappa shape index (κ2) is 9.19. The molecule has 0 radical (unpaired) electrons. The monoisotopic (exact) mass is 381 g/mol. The molecule has 0 atom stereocenters. The zero-order valence-corrected chi connectivity index (χ0v) is 16.3. The van der Waals surface area contributed by atoms with E-state index in [-0.39, 0.29) is 5.91 Å². The molecule has 0 unspecified atom stereocenters. The van der Waals surface area contributed by atoms with E-state index in [1.54, 1.807) is 18.4 Å². The van der Waals surface area contributed by atoms with Gasteiger partial charge in [-0.05, 0) is 30.7 Å². The van der Waals surface area contributed by atoms with Crippen LogP contribution in [0.2, 0.25) is 0 Å². The summed E-state index contributed by atoms with van der Waals surface area (Å²) in [5.41, 5.74) is 3.65. The molecule has 0 aliphatic carbocycles. The van der Waals surface area contributed by atoms with Gasteiger partial charge in [0.2, 0.25) is 5.91 Å². The van der Waals surface area contributed by atoms with Crippen molar-refractivity contribution in [2.24, 2.45) is 0 Å². The van der Waals surface area contributed by atoms with Gasteiger partial charge in [0.25, 0.3) is 0 Å². The van der Waals surface area contributed by atoms with Crippen LogP contribution in [0, 0.1) is 0 Å². The van der Waals surface area contributed by atoms with Crippen molar-refractivity contribution in [1.82, 2.24) is 4.98 Å². The summed E-state index contributed by atoms with van der Waals surface area (Å²) in [4.78, 5) is 16.5. The Labute approximate surface area is 163 Å². The summed E-state index contributed by atoms with van der Waals surface area (Å²) in [6, 6.07) is 15.5. The first-order valence-corrected chi connectivity index (χ1v) is 9.83. The van der Waals surface area contributed by atoms with Gasteiger partial charge in [0, 0.05) is 34.8 Å². The first kappa shape index (κ1) is 18.9. The van der Waals surface area contributed by atoms with Gasteiger partial charge in [-0.2, -0.15) is 0 Å². The lowest BCUT2D eigenvalue weighted by molar-refractivity contribution is -0.116. The topological polar surface area (TPSA) is 63.2 Å². The van der Waals surface area contributed by atoms with E-state index in [4.69, 9.17) is 4.74 Å². The Morgan fingerprint density at radius 3 is 2.70 bits per heavy atom. The van der Waals surface area contributed by atoms with E-state index in [0.29, 0.717) is 6.42 Å². The lowest BCUT2D eigenvalue weighted by atomic mass is 10.1. The molecule has 6 heteroatoms. The summed E-state index contributed by atoms with van der Waals surface area (Å²) in [5.74, 6) is 0.858. The van der Waals surface area contributed by atoms with E-state index in [1.165, 1.54) is 0 Å². The number of anilines is 3. The Kier molecular flexibility index (Phi) is 6.44. The molecule has 3 aromatic rings. The largest absolute Gasteiger partial charge is 0.497 e. The highest BCUT2D eigenvalue weighted by Crippen LogP contribution is 2.29. The summed E-state index contributed by atoms with van der Waals surface area (Å²) >= 11 is 1.54. The molecule has 27 heavy (non-hydrogen) atoms. The fourth-order valence-electron chi connectivity index (χ4n) is 2.57. The van der Waals surface area contributed by atoms with Gasteiger partial charge >= 0.3 is 0 Å². The van der Waals surface area contributed by atoms with Crippen molar-refractivity contribution in [3.05, 3.63) is 53.9 Å². The van der Waals surface area contributed by atoms with Crippen LogP contribution in [-0.4, -0.2) is 18.0 Å². The Bertz CT molecular complexity index is 890. The average molecular weight is 382 g/mol. The van der Waals surface area contributed by atoms with Crippen LogP contribution in [0.5, 0.6) is 5.75 Å². The number of aromatic nitrogens is 1. The smallest absolute Gasteiger partial charge is 0.224 e. The normalized spacial score (nSPS) is 10.4. The molecule has 1 aromatic heterocycles. The SMILES string of the molecule is CCCCC(=O)Nc1ccc(-c2csc(Nc3cccc(OC)c3)n2)cc1. The van der Waals surface area contributed by atoms with Crippen molar-refractivity contribution in [3.63, 3.8) is 0 Å². The minimum absolute atomic E-state index is 0.0584. The number of benzene rings is 2. The van der Waals surface area contributed by atoms with Crippen LogP contribution in [0.25, 0.3) is 11.3 Å². The molecule has 0 aliphatic rings. The fourth-order valence-corrected chi connectivity index (χ4v) is 3.31. The highest BCUT2D eigenvalue weighted by Gasteiger charge is 2.07. The van der Waals surface area contributed by atoms with Crippen LogP contribution >= 0.6 is 11.3 Å². The third-order valence-corrected chi connectivity index (χ3v) is 4.80. The number of methoxy groups -OCH3 is 1. The van der Waals surface area contributed by atoms with Crippen molar-refractivity contribution < 1.29 is 9.53 Å². The predicted octanol–water partition coefficient (Wildman–Crippen LogP) is 5.69. The van der Waals surface area contributed by atoms with Crippen molar-refractivity contribution >= 4 is 33.8 Å². The second-order valence-electron chi connectivity index (χ2n) is 6.12. The zero-order chi connectivity index (χ0) is 19.1. The number of carbonyl (C=O) groups is 1. The Balaban J connectivity index is 1.64. The number of rotatable bonds is 8. The minimum atomic E-state index is 0.0584. The maximum absolute atomic E-state index is 11.8. The van der Waals surface area contributed by atoms with E-state index in [2.05, 4.69) is 22.5 Å². The van der Waals surface area contributed by atoms with Crippen molar-refractivity contribution in [1.29, 1.82) is 0 Å². The average Bonchev–Trinajstić information content (AvgIpc) is 3.15. The number of nitrogens with one attached hydrogen (secondary N) is 2. The molecule has 0 saturated carbocycles. The van der Waals surface area contributed by atoms with Crippen LogP contribution in [0.15, 0.2) is 53.9 Å². The summed E-state index contributed by atoms with van der Waals surface area (Å²) in [7, 11) is 1.65. The molecule has 0 fully saturated rings. The van der Waals surface area contributed by atoms with Crippen LogP contribution in [0.1, 0.15) is 26.2 Å². The minimum Gasteiger partial charge on any atom is -0.497 e. The first-order valence-electron chi connectivity index (χ1n) is 8.95. The molecule has 0 bridgehead atoms. The van der Waals surface area contributed by atoms with Gasteiger partial charge in [-0.15, -0.1) is 11.3 Å². The zero-order valence-electron chi connectivity index (χ0n) is 15.5. The molecule has 0 saturated heterocycles. The van der Waals surface area contributed by atoms with Crippen molar-refractivity contribution in [2.45, 2.75) is 26.2 Å². The van der Waals surface area contributed by atoms with Crippen LogP contribution in [-0.2, 0) is 4.79 Å². The number of hydrogen-bond donors (Lipinski definition) is 2. The number of hydrogen-bond acceptors (Lipinski definition) is 5. The maximum Gasteiger partial charge on any atom is 0.224 e. The number of nitrogens with zero attached hydrogens (tertiary/aromatic N) is 1. The summed E-state index contributed by atoms with van der Waals surface area (Å²) in [5, 5.41) is 9.05. The molecular formula is C21H23N3O2S. The summed E-state index contributed by atoms with van der Waals surface area (Å²) in [6.45, 7) is 2.08. The molecule has 0 aliphatic heterocycles. The van der Waals surface area contributed by atoms with E-state index in [9.17, 15) is 4.79 Å². The lowest BCUT2D eigenvalue weighted by Crippen LogP contribution is -2.10. The summed E-state index contributed by atoms with van der Waals surface area (Å²) in [6.07, 6.45) is 2.48. The molecule has 2 aromatic carbocycles. The number of ether oxygens (including phenoxy) is 1. The van der Waals surface area contributed by atoms with Gasteiger partial charge in [-0.1, -0.05) is 31.5 Å². The standard InChI is InChI=1S/C21H23N3O2S/c1-3-4-8-20(25)22-16-11-9-15(10-12-16)19-14-27-21(24-19)23-17-6-5-7-18(13-17)26-2/h5-7,9-14H,3-4,8H2,1-2H3,(H,22,25)(H,23,24). The van der Waals surface area contributed by atoms with Crippen LogP contribution < -0.4 is 15.4 Å². The highest BCUT2D eigenvalue weighted by atomic mass is 32.1. The van der Waals surface area contributed by atoms with E-state index < -0.39 is 0 Å². The lowest BCUT2D eigenvalue weighted by Gasteiger charge is -2.06. The van der Waals surface area contributed by atoms with Gasteiger partial charge in [0.15, 0.2) is 5.13 Å². The van der Waals surface area contributed by atoms with E-state index in [0.717, 1.165) is 46.4 Å². The quantitative estimate of drug-likeness (QED) is 0.526. The van der Waals surface area contributed by atoms with Gasteiger partial charge < -0.3 is 15.4 Å². The Morgan fingerprint density at radius 1 is 1.15 bits per heavy atom. The van der Waals surface area contributed by atoms with E-state index >= 15 is 0 Å². The number of carbonyl (C=O) groups excluding carboxylic acids is 1. The second-order valence-corrected chi connectivity index (χ2v) is 6.98. The van der Waals surface area contributed by atoms with Crippen molar-refractivity contribution in [2.75, 3.05) is 17.7 Å². The molecule has 0 spiro atoms. The van der Waals surface area contributed by atoms with E-state index in [1.807, 2.05) is 53.9 Å². The van der Waals surface area contributed by atoms with Gasteiger partial charge in [0.1, 0.15) is 5.75 Å². The van der Waals surface area contributed by atoms with Gasteiger partial charge in [-0.3, -0.25) is 4.79 Å². The fraction of sp³-hybridized carbons (Fsp3) is 0.238. The van der Waals surface area contributed by atoms with Crippen LogP contribution in [0.3, 0.4) is 0 Å². The Hall–Kier alpha value is -2.86. The highest BCUT2D eigenvalue weighted by molar-refractivity contribution is 7.14. The molecule has 2 N–H and O–H groups in total. The number of thiazole rings is 1. The molecule has 1 amide bonds. The third kappa shape index (κ3) is 5.31. The molecule has 140 valence electrons. The molecule has 3 rings (SSSR count). The van der Waals surface area contributed by atoms with Gasteiger partial charge in [0.05, 0.1) is 12.8 Å². The first-order chi connectivity index (χ1) is 13.2. The maximum atomic E-state index is 11.8. The molecule has 1 heterocycles. The van der Waals surface area contributed by atoms with Crippen LogP contribution in [0.4, 0.5) is 16.5 Å². The van der Waals surface area contributed by atoms with Crippen molar-refractivity contribution in [3.8, 4) is 17.0 Å². The number of unbranched alkanes of at least 4 members (excludes halogenated alkanes) is 1. The van der Waals surface area contributed by atoms with Gasteiger partial charge in [-0.25, -0.2) is 4.98 Å². The summed E-state index contributed by atoms with van der Waals surface area (Å²) < 4.78 is 5.24. The molecule has 5 nitrogen and oxygen atoms in total. The predicted molar refractivity (Wildman–Crippen MR) is 112 cm³/mol. The molecular weight excluding hydrogens is 358 g/mol. The third-order valence-electron chi connectivity index (χ3n) is 4.05. The number of amides is 1.